The fraction of sp³-hybridized carbons (Fsp3) is 0.538. The van der Waals surface area contributed by atoms with Crippen LogP contribution in [-0.2, 0) is 12.8 Å². The molecule has 0 heterocycles. The van der Waals surface area contributed by atoms with E-state index in [1.165, 1.54) is 18.4 Å². The van der Waals surface area contributed by atoms with Crippen LogP contribution in [0.3, 0.4) is 0 Å². The molecule has 158 valence electrons. The molecule has 0 saturated heterocycles. The van der Waals surface area contributed by atoms with Crippen LogP contribution in [-0.4, -0.2) is 23.4 Å². The first-order chi connectivity index (χ1) is 14.0. The Bertz CT molecular complexity index is 789. The molecule has 2 aromatic carbocycles. The number of benzene rings is 2. The molecule has 3 heteroatoms. The molecule has 29 heavy (non-hydrogen) atoms. The van der Waals surface area contributed by atoms with E-state index in [2.05, 4.69) is 32.0 Å². The SMILES string of the molecule is CCc1cc(CCC(CO)CO)ccc1-c1ccc(C2CCC(C)CC2)cc1F. The second-order valence-electron chi connectivity index (χ2n) is 8.81. The number of aryl methyl sites for hydroxylation is 2. The molecule has 0 amide bonds. The van der Waals surface area contributed by atoms with Gasteiger partial charge in [0, 0.05) is 24.7 Å². The first-order valence-corrected chi connectivity index (χ1v) is 11.2. The molecule has 0 spiro atoms. The zero-order valence-corrected chi connectivity index (χ0v) is 17.8. The monoisotopic (exact) mass is 398 g/mol. The number of halogens is 1. The first kappa shape index (κ1) is 22.0. The second kappa shape index (κ2) is 10.4. The van der Waals surface area contributed by atoms with E-state index in [1.807, 2.05) is 12.1 Å². The molecule has 0 unspecified atom stereocenters. The first-order valence-electron chi connectivity index (χ1n) is 11.2. The number of aliphatic hydroxyl groups excluding tert-OH is 2. The van der Waals surface area contributed by atoms with Crippen molar-refractivity contribution in [3.05, 3.63) is 58.9 Å². The molecule has 1 aliphatic rings. The molecule has 2 nitrogen and oxygen atoms in total. The molecule has 3 rings (SSSR count). The second-order valence-corrected chi connectivity index (χ2v) is 8.81. The summed E-state index contributed by atoms with van der Waals surface area (Å²) in [5, 5.41) is 18.5. The predicted molar refractivity (Wildman–Crippen MR) is 118 cm³/mol. The van der Waals surface area contributed by atoms with Gasteiger partial charge in [-0.2, -0.15) is 0 Å². The maximum absolute atomic E-state index is 15.1. The third kappa shape index (κ3) is 5.46. The topological polar surface area (TPSA) is 40.5 Å². The van der Waals surface area contributed by atoms with E-state index in [4.69, 9.17) is 0 Å². The lowest BCUT2D eigenvalue weighted by atomic mass is 9.79. The summed E-state index contributed by atoms with van der Waals surface area (Å²) in [5.41, 5.74) is 5.12. The molecule has 1 saturated carbocycles. The van der Waals surface area contributed by atoms with Crippen molar-refractivity contribution in [2.75, 3.05) is 13.2 Å². The zero-order chi connectivity index (χ0) is 20.8. The Balaban J connectivity index is 1.78. The van der Waals surface area contributed by atoms with Crippen LogP contribution in [0.5, 0.6) is 0 Å². The van der Waals surface area contributed by atoms with Crippen LogP contribution >= 0.6 is 0 Å². The Labute approximate surface area is 174 Å². The average Bonchev–Trinajstić information content (AvgIpc) is 2.75. The lowest BCUT2D eigenvalue weighted by Crippen LogP contribution is -2.12. The van der Waals surface area contributed by atoms with Gasteiger partial charge in [0.1, 0.15) is 5.82 Å². The van der Waals surface area contributed by atoms with Gasteiger partial charge in [-0.3, -0.25) is 0 Å². The molecule has 2 aromatic rings. The molecule has 1 fully saturated rings. The number of hydrogen-bond acceptors (Lipinski definition) is 2. The quantitative estimate of drug-likeness (QED) is 0.583. The van der Waals surface area contributed by atoms with Crippen molar-refractivity contribution in [2.45, 2.75) is 64.7 Å². The van der Waals surface area contributed by atoms with Crippen LogP contribution in [0.4, 0.5) is 4.39 Å². The molecular weight excluding hydrogens is 363 g/mol. The van der Waals surface area contributed by atoms with Crippen LogP contribution in [0.1, 0.15) is 68.6 Å². The minimum atomic E-state index is -0.121. The summed E-state index contributed by atoms with van der Waals surface area (Å²) in [7, 11) is 0. The van der Waals surface area contributed by atoms with Crippen molar-refractivity contribution >= 4 is 0 Å². The lowest BCUT2D eigenvalue weighted by molar-refractivity contribution is 0.144. The standard InChI is InChI=1S/C26H35FO2/c1-3-21-14-19(6-7-20(16-28)17-29)8-12-24(21)25-13-11-23(15-26(25)27)22-9-4-18(2)5-10-22/h8,11-15,18,20,22,28-29H,3-7,9-10,16-17H2,1-2H3. The molecule has 2 N–H and O–H groups in total. The van der Waals surface area contributed by atoms with Gasteiger partial charge < -0.3 is 10.2 Å². The Morgan fingerprint density at radius 3 is 2.28 bits per heavy atom. The number of aliphatic hydroxyl groups is 2. The largest absolute Gasteiger partial charge is 0.396 e. The summed E-state index contributed by atoms with van der Waals surface area (Å²) >= 11 is 0. The maximum atomic E-state index is 15.1. The van der Waals surface area contributed by atoms with Crippen LogP contribution < -0.4 is 0 Å². The van der Waals surface area contributed by atoms with E-state index < -0.39 is 0 Å². The molecule has 0 bridgehead atoms. The Hall–Kier alpha value is -1.71. The van der Waals surface area contributed by atoms with Crippen LogP contribution in [0.2, 0.25) is 0 Å². The Kier molecular flexibility index (Phi) is 7.85. The van der Waals surface area contributed by atoms with Crippen molar-refractivity contribution in [2.24, 2.45) is 11.8 Å². The smallest absolute Gasteiger partial charge is 0.131 e. The lowest BCUT2D eigenvalue weighted by Gasteiger charge is -2.26. The summed E-state index contributed by atoms with van der Waals surface area (Å²) < 4.78 is 15.1. The van der Waals surface area contributed by atoms with E-state index in [9.17, 15) is 10.2 Å². The average molecular weight is 399 g/mol. The third-order valence-electron chi connectivity index (χ3n) is 6.68. The highest BCUT2D eigenvalue weighted by Gasteiger charge is 2.21. The van der Waals surface area contributed by atoms with Crippen molar-refractivity contribution in [1.82, 2.24) is 0 Å². The fourth-order valence-electron chi connectivity index (χ4n) is 4.57. The number of rotatable bonds is 8. The van der Waals surface area contributed by atoms with Gasteiger partial charge in [0.25, 0.3) is 0 Å². The van der Waals surface area contributed by atoms with Crippen LogP contribution in [0.25, 0.3) is 11.1 Å². The minimum absolute atomic E-state index is 0.00663. The molecule has 1 aliphatic carbocycles. The summed E-state index contributed by atoms with van der Waals surface area (Å²) in [5.74, 6) is 1.09. The number of hydrogen-bond donors (Lipinski definition) is 2. The molecule has 0 aliphatic heterocycles. The van der Waals surface area contributed by atoms with Crippen molar-refractivity contribution in [1.29, 1.82) is 0 Å². The molecule has 0 aromatic heterocycles. The van der Waals surface area contributed by atoms with Gasteiger partial charge in [-0.25, -0.2) is 4.39 Å². The molecule has 0 radical (unpaired) electrons. The van der Waals surface area contributed by atoms with E-state index in [0.29, 0.717) is 11.5 Å². The molecule has 0 atom stereocenters. The predicted octanol–water partition coefficient (Wildman–Crippen LogP) is 5.88. The van der Waals surface area contributed by atoms with E-state index in [0.717, 1.165) is 54.7 Å². The van der Waals surface area contributed by atoms with E-state index in [-0.39, 0.29) is 24.9 Å². The highest BCUT2D eigenvalue weighted by molar-refractivity contribution is 5.69. The van der Waals surface area contributed by atoms with Gasteiger partial charge in [0.15, 0.2) is 0 Å². The van der Waals surface area contributed by atoms with Crippen molar-refractivity contribution in [3.8, 4) is 11.1 Å². The highest BCUT2D eigenvalue weighted by atomic mass is 19.1. The van der Waals surface area contributed by atoms with Crippen LogP contribution in [0.15, 0.2) is 36.4 Å². The van der Waals surface area contributed by atoms with Crippen LogP contribution in [0, 0.1) is 17.7 Å². The molecular formula is C26H35FO2. The fourth-order valence-corrected chi connectivity index (χ4v) is 4.57. The summed E-state index contributed by atoms with van der Waals surface area (Å²) in [6, 6.07) is 12.1. The van der Waals surface area contributed by atoms with Gasteiger partial charge in [-0.15, -0.1) is 0 Å². The summed E-state index contributed by atoms with van der Waals surface area (Å²) in [6.07, 6.45) is 7.20. The van der Waals surface area contributed by atoms with E-state index in [1.54, 1.807) is 6.07 Å². The normalized spacial score (nSPS) is 19.7. The van der Waals surface area contributed by atoms with Gasteiger partial charge in [-0.1, -0.05) is 57.0 Å². The third-order valence-corrected chi connectivity index (χ3v) is 6.68. The van der Waals surface area contributed by atoms with Gasteiger partial charge >= 0.3 is 0 Å². The highest BCUT2D eigenvalue weighted by Crippen LogP contribution is 2.37. The van der Waals surface area contributed by atoms with Crippen molar-refractivity contribution < 1.29 is 14.6 Å². The van der Waals surface area contributed by atoms with Gasteiger partial charge in [-0.05, 0) is 72.3 Å². The zero-order valence-electron chi connectivity index (χ0n) is 17.8. The van der Waals surface area contributed by atoms with Crippen molar-refractivity contribution in [3.63, 3.8) is 0 Å². The van der Waals surface area contributed by atoms with Gasteiger partial charge in [0.05, 0.1) is 0 Å². The van der Waals surface area contributed by atoms with E-state index >= 15 is 4.39 Å². The maximum Gasteiger partial charge on any atom is 0.131 e. The summed E-state index contributed by atoms with van der Waals surface area (Å²) in [6.45, 7) is 4.42. The Morgan fingerprint density at radius 1 is 0.966 bits per heavy atom. The summed E-state index contributed by atoms with van der Waals surface area (Å²) in [4.78, 5) is 0. The van der Waals surface area contributed by atoms with Gasteiger partial charge in [0.2, 0.25) is 0 Å². The minimum Gasteiger partial charge on any atom is -0.396 e. The Morgan fingerprint density at radius 2 is 1.66 bits per heavy atom.